The molecule has 1 saturated carbocycles. The summed E-state index contributed by atoms with van der Waals surface area (Å²) in [6.45, 7) is 4.02. The molecule has 0 aromatic carbocycles. The number of aliphatic hydroxyl groups is 1. The Morgan fingerprint density at radius 1 is 1.43 bits per heavy atom. The number of hydrogen-bond donors (Lipinski definition) is 1. The van der Waals surface area contributed by atoms with E-state index in [4.69, 9.17) is 0 Å². The quantitative estimate of drug-likeness (QED) is 0.840. The maximum atomic E-state index is 9.79. The summed E-state index contributed by atoms with van der Waals surface area (Å²) in [5, 5.41) is 14.2. The SMILES string of the molecule is Cc1nn(C2CCCC2O)c(C)c1Br. The van der Waals surface area contributed by atoms with Crippen LogP contribution in [-0.2, 0) is 0 Å². The fraction of sp³-hybridized carbons (Fsp3) is 0.700. The third-order valence-electron chi connectivity index (χ3n) is 2.99. The summed E-state index contributed by atoms with van der Waals surface area (Å²) in [5.74, 6) is 0. The summed E-state index contributed by atoms with van der Waals surface area (Å²) in [5.41, 5.74) is 2.12. The predicted molar refractivity (Wildman–Crippen MR) is 58.3 cm³/mol. The number of aryl methyl sites for hydroxylation is 1. The van der Waals surface area contributed by atoms with Crippen LogP contribution < -0.4 is 0 Å². The molecule has 1 heterocycles. The Kier molecular flexibility index (Phi) is 2.66. The van der Waals surface area contributed by atoms with Crippen LogP contribution in [0.2, 0.25) is 0 Å². The molecule has 0 aliphatic heterocycles. The van der Waals surface area contributed by atoms with Crippen LogP contribution >= 0.6 is 15.9 Å². The van der Waals surface area contributed by atoms with E-state index in [-0.39, 0.29) is 12.1 Å². The first-order valence-corrected chi connectivity index (χ1v) is 5.80. The lowest BCUT2D eigenvalue weighted by Crippen LogP contribution is -2.20. The van der Waals surface area contributed by atoms with Crippen LogP contribution in [0, 0.1) is 13.8 Å². The van der Waals surface area contributed by atoms with E-state index in [0.29, 0.717) is 0 Å². The van der Waals surface area contributed by atoms with Crippen molar-refractivity contribution in [2.24, 2.45) is 0 Å². The van der Waals surface area contributed by atoms with E-state index >= 15 is 0 Å². The molecule has 1 aromatic rings. The van der Waals surface area contributed by atoms with Gasteiger partial charge in [-0.3, -0.25) is 4.68 Å². The molecule has 78 valence electrons. The van der Waals surface area contributed by atoms with Gasteiger partial charge in [0.25, 0.3) is 0 Å². The third-order valence-corrected chi connectivity index (χ3v) is 4.14. The third kappa shape index (κ3) is 1.50. The van der Waals surface area contributed by atoms with Gasteiger partial charge in [-0.2, -0.15) is 5.10 Å². The number of aliphatic hydroxyl groups excluding tert-OH is 1. The van der Waals surface area contributed by atoms with E-state index in [1.54, 1.807) is 0 Å². The van der Waals surface area contributed by atoms with Crippen LogP contribution in [0.15, 0.2) is 4.47 Å². The number of aromatic nitrogens is 2. The summed E-state index contributed by atoms with van der Waals surface area (Å²) in [6.07, 6.45) is 2.82. The smallest absolute Gasteiger partial charge is 0.0781 e. The van der Waals surface area contributed by atoms with Crippen LogP contribution in [-0.4, -0.2) is 21.0 Å². The molecule has 4 heteroatoms. The van der Waals surface area contributed by atoms with E-state index in [0.717, 1.165) is 35.1 Å². The average Bonchev–Trinajstić information content (AvgIpc) is 2.66. The zero-order valence-electron chi connectivity index (χ0n) is 8.50. The van der Waals surface area contributed by atoms with Gasteiger partial charge in [-0.05, 0) is 49.0 Å². The fourth-order valence-electron chi connectivity index (χ4n) is 2.17. The first-order chi connectivity index (χ1) is 6.61. The van der Waals surface area contributed by atoms with Gasteiger partial charge in [-0.25, -0.2) is 0 Å². The second-order valence-electron chi connectivity index (χ2n) is 3.99. The monoisotopic (exact) mass is 258 g/mol. The highest BCUT2D eigenvalue weighted by Crippen LogP contribution is 2.33. The van der Waals surface area contributed by atoms with E-state index < -0.39 is 0 Å². The van der Waals surface area contributed by atoms with Gasteiger partial charge in [-0.15, -0.1) is 0 Å². The fourth-order valence-corrected chi connectivity index (χ4v) is 2.43. The molecule has 2 unspecified atom stereocenters. The van der Waals surface area contributed by atoms with Crippen LogP contribution in [0.4, 0.5) is 0 Å². The molecule has 1 N–H and O–H groups in total. The Morgan fingerprint density at radius 2 is 2.14 bits per heavy atom. The zero-order valence-corrected chi connectivity index (χ0v) is 10.1. The minimum absolute atomic E-state index is 0.181. The van der Waals surface area contributed by atoms with Crippen molar-refractivity contribution in [3.63, 3.8) is 0 Å². The average molecular weight is 259 g/mol. The van der Waals surface area contributed by atoms with Crippen LogP contribution in [0.1, 0.15) is 36.7 Å². The largest absolute Gasteiger partial charge is 0.391 e. The molecule has 2 atom stereocenters. The van der Waals surface area contributed by atoms with Crippen molar-refractivity contribution in [1.29, 1.82) is 0 Å². The van der Waals surface area contributed by atoms with Crippen molar-refractivity contribution >= 4 is 15.9 Å². The number of halogens is 1. The van der Waals surface area contributed by atoms with Gasteiger partial charge in [0.2, 0.25) is 0 Å². The number of nitrogens with zero attached hydrogens (tertiary/aromatic N) is 2. The molecule has 2 rings (SSSR count). The summed E-state index contributed by atoms with van der Waals surface area (Å²) in [6, 6.07) is 0.181. The molecule has 0 saturated heterocycles. The molecular formula is C10H15BrN2O. The van der Waals surface area contributed by atoms with Gasteiger partial charge < -0.3 is 5.11 Å². The van der Waals surface area contributed by atoms with Crippen LogP contribution in [0.5, 0.6) is 0 Å². The molecule has 1 aromatic heterocycles. The van der Waals surface area contributed by atoms with Gasteiger partial charge in [0.15, 0.2) is 0 Å². The highest BCUT2D eigenvalue weighted by Gasteiger charge is 2.29. The molecule has 14 heavy (non-hydrogen) atoms. The van der Waals surface area contributed by atoms with Crippen molar-refractivity contribution in [3.8, 4) is 0 Å². The number of hydrogen-bond acceptors (Lipinski definition) is 2. The van der Waals surface area contributed by atoms with E-state index in [1.165, 1.54) is 0 Å². The molecule has 0 amide bonds. The maximum absolute atomic E-state index is 9.79. The second kappa shape index (κ2) is 3.66. The van der Waals surface area contributed by atoms with Crippen molar-refractivity contribution in [2.45, 2.75) is 45.3 Å². The standard InChI is InChI=1S/C10H15BrN2O/c1-6-10(11)7(2)13(12-6)8-4-3-5-9(8)14/h8-9,14H,3-5H2,1-2H3. The maximum Gasteiger partial charge on any atom is 0.0781 e. The molecule has 1 aliphatic carbocycles. The van der Waals surface area contributed by atoms with Crippen molar-refractivity contribution < 1.29 is 5.11 Å². The molecule has 3 nitrogen and oxygen atoms in total. The Labute approximate surface area is 92.2 Å². The molecular weight excluding hydrogens is 244 g/mol. The molecule has 1 fully saturated rings. The van der Waals surface area contributed by atoms with E-state index in [9.17, 15) is 5.11 Å². The van der Waals surface area contributed by atoms with Crippen molar-refractivity contribution in [2.75, 3.05) is 0 Å². The number of rotatable bonds is 1. The van der Waals surface area contributed by atoms with Gasteiger partial charge in [0.05, 0.1) is 28.0 Å². The first-order valence-electron chi connectivity index (χ1n) is 5.00. The van der Waals surface area contributed by atoms with Crippen LogP contribution in [0.25, 0.3) is 0 Å². The van der Waals surface area contributed by atoms with Gasteiger partial charge in [-0.1, -0.05) is 0 Å². The summed E-state index contributed by atoms with van der Waals surface area (Å²) in [7, 11) is 0. The minimum Gasteiger partial charge on any atom is -0.391 e. The lowest BCUT2D eigenvalue weighted by Gasteiger charge is -2.16. The lowest BCUT2D eigenvalue weighted by atomic mass is 10.2. The molecule has 0 bridgehead atoms. The van der Waals surface area contributed by atoms with E-state index in [2.05, 4.69) is 21.0 Å². The lowest BCUT2D eigenvalue weighted by molar-refractivity contribution is 0.129. The van der Waals surface area contributed by atoms with Gasteiger partial charge in [0.1, 0.15) is 0 Å². The predicted octanol–water partition coefficient (Wildman–Crippen LogP) is 2.35. The summed E-state index contributed by atoms with van der Waals surface area (Å²) in [4.78, 5) is 0. The van der Waals surface area contributed by atoms with Crippen LogP contribution in [0.3, 0.4) is 0 Å². The Balaban J connectivity index is 2.36. The second-order valence-corrected chi connectivity index (χ2v) is 4.79. The molecule has 1 aliphatic rings. The Bertz CT molecular complexity index is 348. The van der Waals surface area contributed by atoms with Gasteiger partial charge in [0, 0.05) is 0 Å². The normalized spacial score (nSPS) is 27.1. The highest BCUT2D eigenvalue weighted by atomic mass is 79.9. The Morgan fingerprint density at radius 3 is 2.57 bits per heavy atom. The molecule has 0 spiro atoms. The topological polar surface area (TPSA) is 38.0 Å². The summed E-state index contributed by atoms with van der Waals surface area (Å²) < 4.78 is 3.04. The summed E-state index contributed by atoms with van der Waals surface area (Å²) >= 11 is 3.50. The van der Waals surface area contributed by atoms with Crippen molar-refractivity contribution in [3.05, 3.63) is 15.9 Å². The van der Waals surface area contributed by atoms with E-state index in [1.807, 2.05) is 18.5 Å². The first kappa shape index (κ1) is 10.2. The highest BCUT2D eigenvalue weighted by molar-refractivity contribution is 9.10. The van der Waals surface area contributed by atoms with Crippen molar-refractivity contribution in [1.82, 2.24) is 9.78 Å². The minimum atomic E-state index is -0.222. The molecule has 0 radical (unpaired) electrons. The zero-order chi connectivity index (χ0) is 10.3. The van der Waals surface area contributed by atoms with Gasteiger partial charge >= 0.3 is 0 Å². The Hall–Kier alpha value is -0.350.